The molecule has 0 rings (SSSR count). The molecule has 232 valence electrons. The molecule has 0 bridgehead atoms. The normalized spacial score (nSPS) is 9.73. The van der Waals surface area contributed by atoms with Crippen molar-refractivity contribution in [3.63, 3.8) is 0 Å². The molecule has 0 aromatic heterocycles. The van der Waals surface area contributed by atoms with Crippen LogP contribution in [0.1, 0.15) is 97.3 Å². The molecule has 0 saturated carbocycles. The summed E-state index contributed by atoms with van der Waals surface area (Å²) in [4.78, 5) is 0. The third-order valence-corrected chi connectivity index (χ3v) is 4.96. The molecule has 0 aliphatic rings. The molecule has 0 aromatic rings. The Balaban J connectivity index is -0.000000133. The summed E-state index contributed by atoms with van der Waals surface area (Å²) in [6.07, 6.45) is 17.3. The van der Waals surface area contributed by atoms with Crippen LogP contribution >= 0.6 is 0 Å². The van der Waals surface area contributed by atoms with E-state index in [1.807, 2.05) is 0 Å². The Morgan fingerprint density at radius 3 is 0.838 bits per heavy atom. The average Bonchev–Trinajstić information content (AvgIpc) is 2.89. The Morgan fingerprint density at radius 1 is 0.324 bits per heavy atom. The Bertz CT molecular complexity index is 281. The van der Waals surface area contributed by atoms with Gasteiger partial charge in [0.05, 0.1) is 13.2 Å². The second-order valence-corrected chi connectivity index (χ2v) is 8.62. The van der Waals surface area contributed by atoms with Gasteiger partial charge in [-0.3, -0.25) is 0 Å². The Kier molecular flexibility index (Phi) is 70.2. The zero-order chi connectivity index (χ0) is 27.8. The summed E-state index contributed by atoms with van der Waals surface area (Å²) in [5.41, 5.74) is 41.8. The first-order valence-corrected chi connectivity index (χ1v) is 14.6. The standard InChI is InChI=1S/C12H29N3.C7H18N2.C4H12N2O.C3H10N2.CH4/c13-9-5-1-3-7-11-15-12-8-4-2-6-10-14;8-6-4-2-1-3-5-7-9;5-1-3-7-4-2-6;4-2-1-3-5;/h15H,1-14H2;1-9H2;1-6H2;1-5H2;1H4. The lowest BCUT2D eigenvalue weighted by molar-refractivity contribution is 0.149. The van der Waals surface area contributed by atoms with Crippen molar-refractivity contribution in [2.75, 3.05) is 78.7 Å². The average molecular weight is 540 g/mol. The fourth-order valence-electron chi connectivity index (χ4n) is 2.83. The number of nitrogens with one attached hydrogen (secondary N) is 1. The van der Waals surface area contributed by atoms with E-state index in [1.54, 1.807) is 0 Å². The molecule has 0 aliphatic carbocycles. The molecule has 0 amide bonds. The molecule has 0 fully saturated rings. The summed E-state index contributed by atoms with van der Waals surface area (Å²) in [7, 11) is 0. The van der Waals surface area contributed by atoms with E-state index in [9.17, 15) is 0 Å². The molecule has 37 heavy (non-hydrogen) atoms. The highest BCUT2D eigenvalue weighted by Gasteiger charge is 1.91. The highest BCUT2D eigenvalue weighted by molar-refractivity contribution is 4.51. The number of nitrogens with two attached hydrogens (primary N) is 8. The van der Waals surface area contributed by atoms with E-state index in [-0.39, 0.29) is 7.43 Å². The Morgan fingerprint density at radius 2 is 0.595 bits per heavy atom. The highest BCUT2D eigenvalue weighted by Crippen LogP contribution is 2.00. The van der Waals surface area contributed by atoms with Gasteiger partial charge in [0.2, 0.25) is 0 Å². The predicted molar refractivity (Wildman–Crippen MR) is 167 cm³/mol. The number of unbranched alkanes of at least 4 members (excludes halogenated alkanes) is 10. The van der Waals surface area contributed by atoms with Gasteiger partial charge in [-0.15, -0.1) is 0 Å². The molecule has 0 radical (unpaired) electrons. The van der Waals surface area contributed by atoms with Crippen LogP contribution in [0.5, 0.6) is 0 Å². The van der Waals surface area contributed by atoms with E-state index in [2.05, 4.69) is 5.32 Å². The topological polar surface area (TPSA) is 229 Å². The summed E-state index contributed by atoms with van der Waals surface area (Å²) in [5.74, 6) is 0. The maximum atomic E-state index is 5.42. The second-order valence-electron chi connectivity index (χ2n) is 8.62. The number of hydrogen-bond acceptors (Lipinski definition) is 10. The van der Waals surface area contributed by atoms with Gasteiger partial charge < -0.3 is 55.9 Å². The zero-order valence-corrected chi connectivity index (χ0v) is 23.9. The molecule has 0 atom stereocenters. The summed E-state index contributed by atoms with van der Waals surface area (Å²) in [6.45, 7) is 9.54. The fourth-order valence-corrected chi connectivity index (χ4v) is 2.83. The molecular formula is C27H73N9O. The van der Waals surface area contributed by atoms with Gasteiger partial charge in [0.25, 0.3) is 0 Å². The van der Waals surface area contributed by atoms with Crippen LogP contribution in [0.2, 0.25) is 0 Å². The van der Waals surface area contributed by atoms with Crippen molar-refractivity contribution >= 4 is 0 Å². The predicted octanol–water partition coefficient (Wildman–Crippen LogP) is 1.32. The SMILES string of the molecule is C.NCCCCCCCN.NCCCCCCNCCCCCCN.NCCCN.NCCOCCN. The minimum atomic E-state index is 0. The van der Waals surface area contributed by atoms with Crippen LogP contribution in [0.4, 0.5) is 0 Å². The van der Waals surface area contributed by atoms with E-state index in [4.69, 9.17) is 50.6 Å². The molecule has 10 heteroatoms. The van der Waals surface area contributed by atoms with E-state index < -0.39 is 0 Å². The van der Waals surface area contributed by atoms with E-state index in [1.165, 1.54) is 96.6 Å². The van der Waals surface area contributed by atoms with Gasteiger partial charge in [0, 0.05) is 13.1 Å². The first kappa shape index (κ1) is 46.5. The Hall–Kier alpha value is -0.400. The van der Waals surface area contributed by atoms with Crippen molar-refractivity contribution in [2.24, 2.45) is 45.9 Å². The third kappa shape index (κ3) is 72.2. The van der Waals surface area contributed by atoms with Gasteiger partial charge in [0.1, 0.15) is 0 Å². The minimum absolute atomic E-state index is 0. The van der Waals surface area contributed by atoms with Crippen LogP contribution in [-0.4, -0.2) is 78.7 Å². The lowest BCUT2D eigenvalue weighted by atomic mass is 10.1. The fraction of sp³-hybridized carbons (Fsp3) is 1.00. The molecule has 0 spiro atoms. The maximum Gasteiger partial charge on any atom is 0.0589 e. The first-order valence-electron chi connectivity index (χ1n) is 14.6. The van der Waals surface area contributed by atoms with Gasteiger partial charge in [-0.05, 0) is 97.3 Å². The summed E-state index contributed by atoms with van der Waals surface area (Å²) in [5, 5.41) is 3.48. The van der Waals surface area contributed by atoms with Crippen molar-refractivity contribution in [2.45, 2.75) is 97.3 Å². The lowest BCUT2D eigenvalue weighted by Crippen LogP contribution is -2.16. The van der Waals surface area contributed by atoms with Crippen molar-refractivity contribution in [3.8, 4) is 0 Å². The van der Waals surface area contributed by atoms with Crippen LogP contribution in [0, 0.1) is 0 Å². The smallest absolute Gasteiger partial charge is 0.0589 e. The summed E-state index contributed by atoms with van der Waals surface area (Å²) in [6, 6.07) is 0. The number of ether oxygens (including phenoxy) is 1. The molecule has 0 unspecified atom stereocenters. The van der Waals surface area contributed by atoms with Gasteiger partial charge in [-0.2, -0.15) is 0 Å². The monoisotopic (exact) mass is 540 g/mol. The zero-order valence-electron chi connectivity index (χ0n) is 23.9. The van der Waals surface area contributed by atoms with Gasteiger partial charge in [-0.1, -0.05) is 52.4 Å². The van der Waals surface area contributed by atoms with Crippen LogP contribution in [-0.2, 0) is 4.74 Å². The van der Waals surface area contributed by atoms with Crippen LogP contribution < -0.4 is 51.2 Å². The number of hydrogen-bond donors (Lipinski definition) is 9. The van der Waals surface area contributed by atoms with E-state index in [0.29, 0.717) is 26.3 Å². The lowest BCUT2D eigenvalue weighted by Gasteiger charge is -2.04. The molecule has 0 heterocycles. The third-order valence-electron chi connectivity index (χ3n) is 4.96. The molecule has 0 aliphatic heterocycles. The van der Waals surface area contributed by atoms with E-state index >= 15 is 0 Å². The molecule has 10 nitrogen and oxygen atoms in total. The molecule has 0 saturated heterocycles. The molecule has 0 aromatic carbocycles. The number of rotatable bonds is 24. The van der Waals surface area contributed by atoms with Crippen molar-refractivity contribution in [1.29, 1.82) is 0 Å². The van der Waals surface area contributed by atoms with Gasteiger partial charge >= 0.3 is 0 Å². The quantitative estimate of drug-likeness (QED) is 0.0798. The van der Waals surface area contributed by atoms with Crippen LogP contribution in [0.3, 0.4) is 0 Å². The van der Waals surface area contributed by atoms with Gasteiger partial charge in [-0.25, -0.2) is 0 Å². The summed E-state index contributed by atoms with van der Waals surface area (Å²) >= 11 is 0. The van der Waals surface area contributed by atoms with Crippen molar-refractivity contribution in [3.05, 3.63) is 0 Å². The minimum Gasteiger partial charge on any atom is -0.379 e. The Labute approximate surface area is 232 Å². The largest absolute Gasteiger partial charge is 0.379 e. The van der Waals surface area contributed by atoms with E-state index in [0.717, 1.165) is 45.7 Å². The van der Waals surface area contributed by atoms with Crippen molar-refractivity contribution in [1.82, 2.24) is 5.32 Å². The summed E-state index contributed by atoms with van der Waals surface area (Å²) < 4.78 is 4.88. The molecule has 17 N–H and O–H groups in total. The maximum absolute atomic E-state index is 5.42. The van der Waals surface area contributed by atoms with Crippen molar-refractivity contribution < 1.29 is 4.74 Å². The first-order chi connectivity index (χ1) is 17.7. The van der Waals surface area contributed by atoms with Gasteiger partial charge in [0.15, 0.2) is 0 Å². The highest BCUT2D eigenvalue weighted by atomic mass is 16.5. The molecular weight excluding hydrogens is 466 g/mol. The second kappa shape index (κ2) is 55.9. The van der Waals surface area contributed by atoms with Crippen LogP contribution in [0.15, 0.2) is 0 Å². The van der Waals surface area contributed by atoms with Crippen LogP contribution in [0.25, 0.3) is 0 Å².